The van der Waals surface area contributed by atoms with Gasteiger partial charge in [0.25, 0.3) is 0 Å². The van der Waals surface area contributed by atoms with Crippen LogP contribution in [0.25, 0.3) is 5.57 Å². The van der Waals surface area contributed by atoms with Crippen molar-refractivity contribution in [3.8, 4) is 11.5 Å². The Labute approximate surface area is 128 Å². The van der Waals surface area contributed by atoms with Crippen LogP contribution in [-0.2, 0) is 9.84 Å². The van der Waals surface area contributed by atoms with Crippen LogP contribution in [0.3, 0.4) is 0 Å². The van der Waals surface area contributed by atoms with Gasteiger partial charge >= 0.3 is 0 Å². The first-order chi connectivity index (χ1) is 10.5. The number of hydrogen-bond acceptors (Lipinski definition) is 5. The average molecular weight is 317 g/mol. The van der Waals surface area contributed by atoms with Crippen molar-refractivity contribution in [2.45, 2.75) is 4.90 Å². The smallest absolute Gasteiger partial charge is 0.200 e. The molecule has 0 unspecified atom stereocenters. The van der Waals surface area contributed by atoms with E-state index in [1.165, 1.54) is 11.5 Å². The summed E-state index contributed by atoms with van der Waals surface area (Å²) in [6.45, 7) is 0.121. The molecule has 2 N–H and O–H groups in total. The summed E-state index contributed by atoms with van der Waals surface area (Å²) in [5.74, 6) is 1.15. The lowest BCUT2D eigenvalue weighted by Crippen LogP contribution is -2.01. The zero-order valence-corrected chi connectivity index (χ0v) is 12.8. The lowest BCUT2D eigenvalue weighted by Gasteiger charge is -2.11. The van der Waals surface area contributed by atoms with Gasteiger partial charge < -0.3 is 15.2 Å². The summed E-state index contributed by atoms with van der Waals surface area (Å²) in [6.07, 6.45) is 0. The molecule has 0 amide bonds. The summed E-state index contributed by atoms with van der Waals surface area (Å²) in [5.41, 5.74) is 7.43. The molecule has 3 rings (SSSR count). The molecule has 1 aliphatic rings. The van der Waals surface area contributed by atoms with Gasteiger partial charge in [0.1, 0.15) is 6.61 Å². The number of nitrogen functional groups attached to an aromatic ring is 1. The number of nitrogens with two attached hydrogens (primary N) is 1. The van der Waals surface area contributed by atoms with E-state index in [0.29, 0.717) is 28.3 Å². The van der Waals surface area contributed by atoms with Gasteiger partial charge in [-0.3, -0.25) is 0 Å². The van der Waals surface area contributed by atoms with Gasteiger partial charge in [-0.1, -0.05) is 12.1 Å². The molecule has 2 aromatic carbocycles. The molecule has 0 fully saturated rings. The van der Waals surface area contributed by atoms with Crippen LogP contribution < -0.4 is 15.2 Å². The van der Waals surface area contributed by atoms with Crippen molar-refractivity contribution >= 4 is 21.1 Å². The molecule has 0 saturated heterocycles. The van der Waals surface area contributed by atoms with Crippen molar-refractivity contribution in [3.05, 3.63) is 53.4 Å². The van der Waals surface area contributed by atoms with Gasteiger partial charge in [-0.15, -0.1) is 0 Å². The second-order valence-electron chi connectivity index (χ2n) is 4.88. The van der Waals surface area contributed by atoms with E-state index in [0.717, 1.165) is 0 Å². The summed E-state index contributed by atoms with van der Waals surface area (Å²) in [5, 5.41) is 1.23. The molecular formula is C16H15NO4S. The molecule has 22 heavy (non-hydrogen) atoms. The standard InChI is InChI=1S/C16H15NO4S/c1-20-14-4-2-3-5-15(14)21-9-11-10-22(18,19)16-7-6-12(17)8-13(11)16/h2-8,10H,9,17H2,1H3. The highest BCUT2D eigenvalue weighted by atomic mass is 32.2. The van der Waals surface area contributed by atoms with Crippen LogP contribution in [0.1, 0.15) is 5.56 Å². The monoisotopic (exact) mass is 317 g/mol. The van der Waals surface area contributed by atoms with Crippen LogP contribution in [0.5, 0.6) is 11.5 Å². The second kappa shape index (κ2) is 5.38. The minimum absolute atomic E-state index is 0.121. The van der Waals surface area contributed by atoms with Crippen LogP contribution >= 0.6 is 0 Å². The van der Waals surface area contributed by atoms with Crippen LogP contribution in [0.4, 0.5) is 5.69 Å². The Bertz CT molecular complexity index is 856. The van der Waals surface area contributed by atoms with E-state index in [1.807, 2.05) is 12.1 Å². The quantitative estimate of drug-likeness (QED) is 0.877. The highest BCUT2D eigenvalue weighted by Crippen LogP contribution is 2.35. The molecule has 1 heterocycles. The Morgan fingerprint density at radius 2 is 1.82 bits per heavy atom. The molecule has 0 radical (unpaired) electrons. The Kier molecular flexibility index (Phi) is 3.54. The lowest BCUT2D eigenvalue weighted by molar-refractivity contribution is 0.331. The molecule has 114 valence electrons. The maximum absolute atomic E-state index is 12.1. The van der Waals surface area contributed by atoms with E-state index in [1.54, 1.807) is 31.4 Å². The number of hydrogen-bond donors (Lipinski definition) is 1. The Morgan fingerprint density at radius 1 is 1.09 bits per heavy atom. The van der Waals surface area contributed by atoms with E-state index < -0.39 is 9.84 Å². The van der Waals surface area contributed by atoms with Gasteiger partial charge in [-0.05, 0) is 30.3 Å². The molecular weight excluding hydrogens is 302 g/mol. The Morgan fingerprint density at radius 3 is 2.55 bits per heavy atom. The van der Waals surface area contributed by atoms with E-state index in [4.69, 9.17) is 15.2 Å². The van der Waals surface area contributed by atoms with Gasteiger partial charge in [0.05, 0.1) is 12.0 Å². The first-order valence-electron chi connectivity index (χ1n) is 6.62. The number of fused-ring (bicyclic) bond motifs is 1. The molecule has 1 aliphatic heterocycles. The van der Waals surface area contributed by atoms with Gasteiger partial charge in [0.15, 0.2) is 11.5 Å². The number of methoxy groups -OCH3 is 1. The van der Waals surface area contributed by atoms with Crippen molar-refractivity contribution in [3.63, 3.8) is 0 Å². The minimum Gasteiger partial charge on any atom is -0.493 e. The summed E-state index contributed by atoms with van der Waals surface area (Å²) in [6, 6.07) is 12.0. The Balaban J connectivity index is 1.90. The fourth-order valence-corrected chi connectivity index (χ4v) is 3.82. The van der Waals surface area contributed by atoms with Gasteiger partial charge in [0.2, 0.25) is 9.84 Å². The Hall–Kier alpha value is -2.47. The van der Waals surface area contributed by atoms with E-state index in [9.17, 15) is 8.42 Å². The largest absolute Gasteiger partial charge is 0.493 e. The van der Waals surface area contributed by atoms with Crippen molar-refractivity contribution in [2.24, 2.45) is 0 Å². The highest BCUT2D eigenvalue weighted by molar-refractivity contribution is 7.95. The van der Waals surface area contributed by atoms with Crippen LogP contribution in [-0.4, -0.2) is 22.1 Å². The molecule has 0 aromatic heterocycles. The number of benzene rings is 2. The van der Waals surface area contributed by atoms with E-state index in [-0.39, 0.29) is 11.5 Å². The fraction of sp³-hybridized carbons (Fsp3) is 0.125. The van der Waals surface area contributed by atoms with Crippen LogP contribution in [0, 0.1) is 0 Å². The van der Waals surface area contributed by atoms with Crippen LogP contribution in [0.2, 0.25) is 0 Å². The number of para-hydroxylation sites is 2. The molecule has 0 spiro atoms. The van der Waals surface area contributed by atoms with Crippen LogP contribution in [0.15, 0.2) is 52.8 Å². The van der Waals surface area contributed by atoms with E-state index in [2.05, 4.69) is 0 Å². The summed E-state index contributed by atoms with van der Waals surface area (Å²) in [4.78, 5) is 0.264. The molecule has 2 aromatic rings. The third kappa shape index (κ3) is 2.53. The number of anilines is 1. The number of rotatable bonds is 4. The molecule has 6 heteroatoms. The first-order valence-corrected chi connectivity index (χ1v) is 8.17. The topological polar surface area (TPSA) is 78.6 Å². The minimum atomic E-state index is -3.42. The number of sulfone groups is 1. The third-order valence-corrected chi connectivity index (χ3v) is 4.97. The average Bonchev–Trinajstić information content (AvgIpc) is 2.75. The summed E-state index contributed by atoms with van der Waals surface area (Å²) >= 11 is 0. The molecule has 0 bridgehead atoms. The second-order valence-corrected chi connectivity index (χ2v) is 6.65. The SMILES string of the molecule is COc1ccccc1OCC1=CS(=O)(=O)c2ccc(N)cc21. The maximum atomic E-state index is 12.1. The highest BCUT2D eigenvalue weighted by Gasteiger charge is 2.27. The maximum Gasteiger partial charge on any atom is 0.200 e. The zero-order chi connectivity index (χ0) is 15.7. The third-order valence-electron chi connectivity index (χ3n) is 3.41. The zero-order valence-electron chi connectivity index (χ0n) is 11.9. The normalized spacial score (nSPS) is 15.0. The van der Waals surface area contributed by atoms with Gasteiger partial charge in [0, 0.05) is 22.2 Å². The summed E-state index contributed by atoms with van der Waals surface area (Å²) < 4.78 is 35.1. The van der Waals surface area contributed by atoms with E-state index >= 15 is 0 Å². The fourth-order valence-electron chi connectivity index (χ4n) is 2.37. The van der Waals surface area contributed by atoms with Crippen molar-refractivity contribution in [2.75, 3.05) is 19.5 Å². The van der Waals surface area contributed by atoms with Crippen molar-refractivity contribution in [1.82, 2.24) is 0 Å². The molecule has 5 nitrogen and oxygen atoms in total. The van der Waals surface area contributed by atoms with Crippen molar-refractivity contribution in [1.29, 1.82) is 0 Å². The summed E-state index contributed by atoms with van der Waals surface area (Å²) in [7, 11) is -1.87. The van der Waals surface area contributed by atoms with Crippen molar-refractivity contribution < 1.29 is 17.9 Å². The van der Waals surface area contributed by atoms with Gasteiger partial charge in [-0.25, -0.2) is 8.42 Å². The number of ether oxygens (including phenoxy) is 2. The predicted molar refractivity (Wildman–Crippen MR) is 84.5 cm³/mol. The van der Waals surface area contributed by atoms with Gasteiger partial charge in [-0.2, -0.15) is 0 Å². The molecule has 0 aliphatic carbocycles. The lowest BCUT2D eigenvalue weighted by atomic mass is 10.1. The molecule has 0 atom stereocenters. The molecule has 0 saturated carbocycles. The predicted octanol–water partition coefficient (Wildman–Crippen LogP) is 2.48. The first kappa shape index (κ1) is 14.5.